The van der Waals surface area contributed by atoms with Gasteiger partial charge in [0, 0.05) is 23.7 Å². The summed E-state index contributed by atoms with van der Waals surface area (Å²) in [5.41, 5.74) is 0.439. The molecule has 2 rings (SSSR count). The number of nitro benzene ring substituents is 1. The molecule has 0 aliphatic heterocycles. The van der Waals surface area contributed by atoms with E-state index in [-0.39, 0.29) is 18.0 Å². The summed E-state index contributed by atoms with van der Waals surface area (Å²) in [6.45, 7) is -0.0327. The van der Waals surface area contributed by atoms with Gasteiger partial charge in [-0.3, -0.25) is 10.1 Å². The molecule has 0 saturated heterocycles. The Hall–Kier alpha value is -2.16. The number of rotatable bonds is 6. The van der Waals surface area contributed by atoms with Crippen molar-refractivity contribution in [2.75, 3.05) is 0 Å². The van der Waals surface area contributed by atoms with Gasteiger partial charge >= 0.3 is 10.3 Å². The maximum atomic E-state index is 11.8. The van der Waals surface area contributed by atoms with Gasteiger partial charge in [0.15, 0.2) is 0 Å². The normalized spacial score (nSPS) is 11.1. The van der Waals surface area contributed by atoms with E-state index in [4.69, 9.17) is 15.8 Å². The summed E-state index contributed by atoms with van der Waals surface area (Å²) in [6, 6.07) is 11.5. The highest BCUT2D eigenvalue weighted by Crippen LogP contribution is 2.19. The highest BCUT2D eigenvalue weighted by atomic mass is 35.5. The molecule has 7 nitrogen and oxygen atoms in total. The first-order chi connectivity index (χ1) is 10.4. The fourth-order valence-electron chi connectivity index (χ4n) is 1.59. The number of nitrogens with zero attached hydrogens (tertiary/aromatic N) is 1. The van der Waals surface area contributed by atoms with Gasteiger partial charge in [-0.25, -0.2) is 0 Å². The smallest absolute Gasteiger partial charge is 0.371 e. The first-order valence-corrected chi connectivity index (χ1v) is 7.83. The molecule has 22 heavy (non-hydrogen) atoms. The number of hydrogen-bond donors (Lipinski definition) is 1. The lowest BCUT2D eigenvalue weighted by atomic mass is 10.2. The van der Waals surface area contributed by atoms with Crippen LogP contribution < -0.4 is 8.91 Å². The number of nitrogens with one attached hydrogen (secondary N) is 1. The first-order valence-electron chi connectivity index (χ1n) is 6.04. The van der Waals surface area contributed by atoms with Crippen LogP contribution in [0, 0.1) is 10.1 Å². The highest BCUT2D eigenvalue weighted by Gasteiger charge is 2.14. The van der Waals surface area contributed by atoms with Crippen LogP contribution in [0.4, 0.5) is 5.69 Å². The van der Waals surface area contributed by atoms with E-state index in [1.165, 1.54) is 12.1 Å². The summed E-state index contributed by atoms with van der Waals surface area (Å²) < 4.78 is 30.6. The second-order valence-corrected chi connectivity index (χ2v) is 5.97. The van der Waals surface area contributed by atoms with Crippen LogP contribution in [-0.4, -0.2) is 13.3 Å². The summed E-state index contributed by atoms with van der Waals surface area (Å²) >= 11 is 5.92. The van der Waals surface area contributed by atoms with E-state index in [1.54, 1.807) is 24.3 Å². The van der Waals surface area contributed by atoms with Crippen molar-refractivity contribution in [3.63, 3.8) is 0 Å². The molecule has 0 amide bonds. The van der Waals surface area contributed by atoms with Gasteiger partial charge in [-0.15, -0.1) is 0 Å². The standard InChI is InChI=1S/C13H11ClN2O5S/c14-13-4-2-1-3-10(13)9-15-22(19,20)21-12-7-5-11(6-8-12)16(17)18/h1-8,15H,9H2. The maximum absolute atomic E-state index is 11.8. The molecule has 0 spiro atoms. The Bertz CT molecular complexity index is 777. The minimum Gasteiger partial charge on any atom is -0.371 e. The Morgan fingerprint density at radius 3 is 2.36 bits per heavy atom. The van der Waals surface area contributed by atoms with Crippen LogP contribution in [-0.2, 0) is 16.8 Å². The minimum absolute atomic E-state index is 0.0303. The van der Waals surface area contributed by atoms with Crippen molar-refractivity contribution < 1.29 is 17.5 Å². The molecular weight excluding hydrogens is 332 g/mol. The quantitative estimate of drug-likeness (QED) is 0.642. The first kappa shape index (κ1) is 16.2. The van der Waals surface area contributed by atoms with Crippen LogP contribution in [0.2, 0.25) is 5.02 Å². The van der Waals surface area contributed by atoms with Gasteiger partial charge in [0.25, 0.3) is 5.69 Å². The van der Waals surface area contributed by atoms with E-state index in [2.05, 4.69) is 4.72 Å². The zero-order valence-corrected chi connectivity index (χ0v) is 12.7. The lowest BCUT2D eigenvalue weighted by Gasteiger charge is -2.09. The van der Waals surface area contributed by atoms with E-state index >= 15 is 0 Å². The molecule has 0 atom stereocenters. The fourth-order valence-corrected chi connectivity index (χ4v) is 2.55. The summed E-state index contributed by atoms with van der Waals surface area (Å²) in [5, 5.41) is 10.9. The SMILES string of the molecule is O=[N+]([O-])c1ccc(OS(=O)(=O)NCc2ccccc2Cl)cc1. The molecule has 0 heterocycles. The molecule has 0 aromatic heterocycles. The van der Waals surface area contributed by atoms with Gasteiger partial charge in [-0.1, -0.05) is 29.8 Å². The van der Waals surface area contributed by atoms with Gasteiger partial charge in [0.2, 0.25) is 0 Å². The Morgan fingerprint density at radius 1 is 1.14 bits per heavy atom. The molecule has 0 bridgehead atoms. The van der Waals surface area contributed by atoms with Crippen molar-refractivity contribution in [1.29, 1.82) is 0 Å². The summed E-state index contributed by atoms with van der Waals surface area (Å²) in [4.78, 5) is 9.92. The Kier molecular flexibility index (Phi) is 4.96. The number of hydrogen-bond acceptors (Lipinski definition) is 5. The summed E-state index contributed by atoms with van der Waals surface area (Å²) in [6.07, 6.45) is 0. The van der Waals surface area contributed by atoms with Crippen molar-refractivity contribution in [1.82, 2.24) is 4.72 Å². The Morgan fingerprint density at radius 2 is 1.77 bits per heavy atom. The molecule has 9 heteroatoms. The van der Waals surface area contributed by atoms with Crippen molar-refractivity contribution in [2.45, 2.75) is 6.54 Å². The van der Waals surface area contributed by atoms with Crippen molar-refractivity contribution in [3.05, 3.63) is 69.2 Å². The van der Waals surface area contributed by atoms with Gasteiger partial charge in [-0.2, -0.15) is 13.1 Å². The molecular formula is C13H11ClN2O5S. The second kappa shape index (κ2) is 6.73. The van der Waals surface area contributed by atoms with Crippen LogP contribution in [0.15, 0.2) is 48.5 Å². The van der Waals surface area contributed by atoms with E-state index in [1.807, 2.05) is 0 Å². The van der Waals surface area contributed by atoms with Gasteiger partial charge in [-0.05, 0) is 23.8 Å². The molecule has 2 aromatic rings. The third-order valence-corrected chi connectivity index (χ3v) is 3.93. The zero-order chi connectivity index (χ0) is 16.2. The molecule has 0 unspecified atom stereocenters. The molecule has 1 N–H and O–H groups in total. The van der Waals surface area contributed by atoms with Gasteiger partial charge in [0.05, 0.1) is 4.92 Å². The van der Waals surface area contributed by atoms with Crippen LogP contribution in [0.3, 0.4) is 0 Å². The average Bonchev–Trinajstić information content (AvgIpc) is 2.46. The van der Waals surface area contributed by atoms with Crippen molar-refractivity contribution in [2.24, 2.45) is 0 Å². The highest BCUT2D eigenvalue weighted by molar-refractivity contribution is 7.85. The van der Waals surface area contributed by atoms with Crippen LogP contribution in [0.5, 0.6) is 5.75 Å². The van der Waals surface area contributed by atoms with E-state index in [0.717, 1.165) is 12.1 Å². The zero-order valence-electron chi connectivity index (χ0n) is 11.1. The molecule has 2 aromatic carbocycles. The Balaban J connectivity index is 2.02. The largest absolute Gasteiger partial charge is 0.382 e. The number of nitro groups is 1. The molecule has 0 radical (unpaired) electrons. The number of benzene rings is 2. The van der Waals surface area contributed by atoms with E-state index < -0.39 is 15.2 Å². The third kappa shape index (κ3) is 4.42. The lowest BCUT2D eigenvalue weighted by molar-refractivity contribution is -0.384. The second-order valence-electron chi connectivity index (χ2n) is 4.20. The predicted octanol–water partition coefficient (Wildman–Crippen LogP) is 2.66. The van der Waals surface area contributed by atoms with Crippen LogP contribution >= 0.6 is 11.6 Å². The van der Waals surface area contributed by atoms with Crippen molar-refractivity contribution in [3.8, 4) is 5.75 Å². The lowest BCUT2D eigenvalue weighted by Crippen LogP contribution is -2.27. The molecule has 0 saturated carbocycles. The predicted molar refractivity (Wildman–Crippen MR) is 80.9 cm³/mol. The summed E-state index contributed by atoms with van der Waals surface area (Å²) in [5.74, 6) is -0.0303. The maximum Gasteiger partial charge on any atom is 0.382 e. The molecule has 0 aliphatic carbocycles. The van der Waals surface area contributed by atoms with Crippen LogP contribution in [0.1, 0.15) is 5.56 Å². The summed E-state index contributed by atoms with van der Waals surface area (Å²) in [7, 11) is -4.06. The molecule has 0 aliphatic rings. The van der Waals surface area contributed by atoms with Gasteiger partial charge < -0.3 is 4.18 Å². The van der Waals surface area contributed by atoms with E-state index in [0.29, 0.717) is 10.6 Å². The minimum atomic E-state index is -4.06. The van der Waals surface area contributed by atoms with Crippen LogP contribution in [0.25, 0.3) is 0 Å². The van der Waals surface area contributed by atoms with E-state index in [9.17, 15) is 18.5 Å². The topological polar surface area (TPSA) is 98.5 Å². The van der Waals surface area contributed by atoms with Crippen molar-refractivity contribution >= 4 is 27.6 Å². The third-order valence-electron chi connectivity index (χ3n) is 2.65. The monoisotopic (exact) mass is 342 g/mol. The van der Waals surface area contributed by atoms with Gasteiger partial charge in [0.1, 0.15) is 5.75 Å². The average molecular weight is 343 g/mol. The molecule has 0 fully saturated rings. The Labute approximate surface area is 131 Å². The number of halogens is 1. The molecule has 116 valence electrons. The fraction of sp³-hybridized carbons (Fsp3) is 0.0769. The number of non-ortho nitro benzene ring substituents is 1.